The molecular weight excluding hydrogens is 439 g/mol. The van der Waals surface area contributed by atoms with Crippen LogP contribution in [0.1, 0.15) is 57.7 Å². The maximum Gasteiger partial charge on any atom is 0.254 e. The number of fused-ring (bicyclic) bond motifs is 2. The Labute approximate surface area is 195 Å². The molecule has 8 nitrogen and oxygen atoms in total. The highest BCUT2D eigenvalue weighted by Crippen LogP contribution is 2.28. The van der Waals surface area contributed by atoms with E-state index in [0.717, 1.165) is 24.1 Å². The largest absolute Gasteiger partial charge is 0.474 e. The quantitative estimate of drug-likeness (QED) is 0.600. The number of carbonyl (C=O) groups excluding carboxylic acids is 2. The molecule has 1 aliphatic carbocycles. The van der Waals surface area contributed by atoms with Crippen molar-refractivity contribution in [3.8, 4) is 5.88 Å². The van der Waals surface area contributed by atoms with Gasteiger partial charge in [0, 0.05) is 29.6 Å². The number of pyridine rings is 2. The van der Waals surface area contributed by atoms with Crippen molar-refractivity contribution in [2.75, 3.05) is 6.61 Å². The molecule has 1 aromatic carbocycles. The molecule has 176 valence electrons. The Kier molecular flexibility index (Phi) is 6.10. The van der Waals surface area contributed by atoms with Gasteiger partial charge in [-0.15, -0.1) is 0 Å². The molecule has 2 aromatic heterocycles. The summed E-state index contributed by atoms with van der Waals surface area (Å²) in [6, 6.07) is 7.64. The third-order valence-electron chi connectivity index (χ3n) is 6.36. The summed E-state index contributed by atoms with van der Waals surface area (Å²) in [6.07, 6.45) is 4.88. The van der Waals surface area contributed by atoms with Gasteiger partial charge in [0.2, 0.25) is 5.88 Å². The number of rotatable bonds is 5. The van der Waals surface area contributed by atoms with E-state index in [1.165, 1.54) is 18.3 Å². The van der Waals surface area contributed by atoms with E-state index in [0.29, 0.717) is 48.9 Å². The molecule has 3 N–H and O–H groups in total. The topological polar surface area (TPSA) is 116 Å². The van der Waals surface area contributed by atoms with E-state index in [1.807, 2.05) is 0 Å². The van der Waals surface area contributed by atoms with Gasteiger partial charge in [0.05, 0.1) is 30.0 Å². The fourth-order valence-corrected chi connectivity index (χ4v) is 4.51. The fourth-order valence-electron chi connectivity index (χ4n) is 4.51. The molecule has 2 amide bonds. The van der Waals surface area contributed by atoms with Gasteiger partial charge in [-0.3, -0.25) is 14.6 Å². The van der Waals surface area contributed by atoms with Crippen molar-refractivity contribution >= 4 is 22.7 Å². The molecule has 1 fully saturated rings. The highest BCUT2D eigenvalue weighted by atomic mass is 19.1. The first-order valence-corrected chi connectivity index (χ1v) is 11.4. The third-order valence-corrected chi connectivity index (χ3v) is 6.36. The van der Waals surface area contributed by atoms with E-state index in [1.54, 1.807) is 18.2 Å². The van der Waals surface area contributed by atoms with Crippen LogP contribution in [0.3, 0.4) is 0 Å². The van der Waals surface area contributed by atoms with Gasteiger partial charge in [0.1, 0.15) is 17.5 Å². The summed E-state index contributed by atoms with van der Waals surface area (Å²) >= 11 is 0. The predicted octanol–water partition coefficient (Wildman–Crippen LogP) is 3.06. The van der Waals surface area contributed by atoms with Gasteiger partial charge in [0.25, 0.3) is 11.8 Å². The smallest absolute Gasteiger partial charge is 0.254 e. The fraction of sp³-hybridized carbons (Fsp3) is 0.360. The average molecular weight is 464 g/mol. The van der Waals surface area contributed by atoms with E-state index in [2.05, 4.69) is 15.3 Å². The Hall–Kier alpha value is -3.59. The lowest BCUT2D eigenvalue weighted by atomic mass is 9.92. The number of primary amides is 1. The number of nitrogens with zero attached hydrogens (tertiary/aromatic N) is 2. The Morgan fingerprint density at radius 1 is 1.15 bits per heavy atom. The molecule has 0 bridgehead atoms. The normalized spacial score (nSPS) is 19.9. The zero-order valence-electron chi connectivity index (χ0n) is 18.6. The van der Waals surface area contributed by atoms with Gasteiger partial charge >= 0.3 is 0 Å². The minimum Gasteiger partial charge on any atom is -0.474 e. The van der Waals surface area contributed by atoms with Crippen molar-refractivity contribution in [2.45, 2.75) is 50.9 Å². The van der Waals surface area contributed by atoms with Crippen LogP contribution >= 0.6 is 0 Å². The summed E-state index contributed by atoms with van der Waals surface area (Å²) in [7, 11) is 0. The zero-order chi connectivity index (χ0) is 23.7. The van der Waals surface area contributed by atoms with Crippen LogP contribution in [0.15, 0.2) is 36.5 Å². The number of aromatic nitrogens is 2. The van der Waals surface area contributed by atoms with Crippen molar-refractivity contribution < 1.29 is 23.5 Å². The first-order valence-electron chi connectivity index (χ1n) is 11.4. The molecule has 0 unspecified atom stereocenters. The van der Waals surface area contributed by atoms with E-state index in [9.17, 15) is 14.0 Å². The number of ether oxygens (including phenoxy) is 2. The first-order chi connectivity index (χ1) is 16.5. The minimum atomic E-state index is -0.583. The third kappa shape index (κ3) is 4.70. The average Bonchev–Trinajstić information content (AvgIpc) is 2.84. The number of benzene rings is 1. The summed E-state index contributed by atoms with van der Waals surface area (Å²) < 4.78 is 25.0. The molecule has 5 rings (SSSR count). The van der Waals surface area contributed by atoms with Crippen LogP contribution in [0, 0.1) is 5.82 Å². The molecular formula is C25H25FN4O4. The summed E-state index contributed by atoms with van der Waals surface area (Å²) in [4.78, 5) is 33.5. The highest BCUT2D eigenvalue weighted by Gasteiger charge is 2.27. The van der Waals surface area contributed by atoms with Crippen LogP contribution in [-0.4, -0.2) is 40.5 Å². The number of nitrogens with one attached hydrogen (secondary N) is 1. The molecule has 34 heavy (non-hydrogen) atoms. The van der Waals surface area contributed by atoms with Crippen LogP contribution in [0.25, 0.3) is 10.9 Å². The number of amides is 2. The second-order valence-electron chi connectivity index (χ2n) is 8.74. The second kappa shape index (κ2) is 9.34. The molecule has 3 heterocycles. The highest BCUT2D eigenvalue weighted by molar-refractivity contribution is 5.97. The van der Waals surface area contributed by atoms with Gasteiger partial charge in [-0.25, -0.2) is 9.37 Å². The number of halogens is 1. The van der Waals surface area contributed by atoms with E-state index in [4.69, 9.17) is 15.2 Å². The Balaban J connectivity index is 1.21. The molecule has 0 spiro atoms. The van der Waals surface area contributed by atoms with E-state index < -0.39 is 5.91 Å². The van der Waals surface area contributed by atoms with Gasteiger partial charge in [-0.2, -0.15) is 0 Å². The van der Waals surface area contributed by atoms with Gasteiger partial charge < -0.3 is 20.5 Å². The molecule has 1 aliphatic heterocycles. The number of hydrogen-bond donors (Lipinski definition) is 2. The van der Waals surface area contributed by atoms with E-state index in [-0.39, 0.29) is 35.3 Å². The maximum atomic E-state index is 13.5. The number of hydrogen-bond acceptors (Lipinski definition) is 6. The lowest BCUT2D eigenvalue weighted by Gasteiger charge is -2.30. The lowest BCUT2D eigenvalue weighted by Crippen LogP contribution is -2.40. The first kappa shape index (κ1) is 22.2. The maximum absolute atomic E-state index is 13.5. The molecule has 2 aliphatic rings. The Bertz CT molecular complexity index is 1260. The minimum absolute atomic E-state index is 0.0141. The lowest BCUT2D eigenvalue weighted by molar-refractivity contribution is 0.0875. The van der Waals surface area contributed by atoms with Crippen LogP contribution in [-0.2, 0) is 17.8 Å². The summed E-state index contributed by atoms with van der Waals surface area (Å²) in [5.74, 6) is -0.917. The Morgan fingerprint density at radius 3 is 2.76 bits per heavy atom. The second-order valence-corrected chi connectivity index (χ2v) is 8.74. The van der Waals surface area contributed by atoms with Crippen LogP contribution in [0.2, 0.25) is 0 Å². The van der Waals surface area contributed by atoms with Gasteiger partial charge in [-0.05, 0) is 56.0 Å². The summed E-state index contributed by atoms with van der Waals surface area (Å²) in [5.41, 5.74) is 8.58. The van der Waals surface area contributed by atoms with Crippen molar-refractivity contribution in [1.82, 2.24) is 15.3 Å². The monoisotopic (exact) mass is 464 g/mol. The molecule has 0 saturated heterocycles. The summed E-state index contributed by atoms with van der Waals surface area (Å²) in [5, 5.41) is 3.62. The van der Waals surface area contributed by atoms with Crippen molar-refractivity contribution in [1.29, 1.82) is 0 Å². The molecule has 0 radical (unpaired) electrons. The van der Waals surface area contributed by atoms with Gasteiger partial charge in [-0.1, -0.05) is 0 Å². The summed E-state index contributed by atoms with van der Waals surface area (Å²) in [6.45, 7) is 0.997. The molecule has 3 aromatic rings. The van der Waals surface area contributed by atoms with Crippen molar-refractivity contribution in [3.63, 3.8) is 0 Å². The Morgan fingerprint density at radius 2 is 1.97 bits per heavy atom. The zero-order valence-corrected chi connectivity index (χ0v) is 18.6. The number of carbonyl (C=O) groups is 2. The van der Waals surface area contributed by atoms with Crippen LogP contribution in [0.4, 0.5) is 4.39 Å². The SMILES string of the molecule is NC(=O)c1cc2c(nc1O[C@H]1CC[C@H](NC(=O)c3cnc4ccc(F)cc4c3)CC1)CCOC2. The van der Waals surface area contributed by atoms with Crippen LogP contribution in [0.5, 0.6) is 5.88 Å². The molecule has 0 atom stereocenters. The van der Waals surface area contributed by atoms with Crippen molar-refractivity contribution in [2.24, 2.45) is 5.73 Å². The molecule has 9 heteroatoms. The molecule has 1 saturated carbocycles. The van der Waals surface area contributed by atoms with Crippen LogP contribution < -0.4 is 15.8 Å². The number of nitrogens with two attached hydrogens (primary N) is 1. The standard InChI is InChI=1S/C25H25FN4O4/c26-17-1-6-21-14(10-17)9-15(12-28-21)24(32)29-18-2-4-19(5-3-18)34-25-20(23(27)31)11-16-13-33-8-7-22(16)30-25/h1,6,9-12,18-19H,2-5,7-8,13H2,(H2,27,31)(H,29,32)/t18-,19-. The predicted molar refractivity (Wildman–Crippen MR) is 122 cm³/mol. The van der Waals surface area contributed by atoms with E-state index >= 15 is 0 Å². The van der Waals surface area contributed by atoms with Gasteiger partial charge in [0.15, 0.2) is 0 Å². The van der Waals surface area contributed by atoms with Crippen molar-refractivity contribution in [3.05, 3.63) is 64.7 Å².